The van der Waals surface area contributed by atoms with Crippen LogP contribution in [0.2, 0.25) is 0 Å². The molecular formula is C27H38O8. The summed E-state index contributed by atoms with van der Waals surface area (Å²) in [6.07, 6.45) is 5.84. The minimum absolute atomic E-state index is 0.0266. The first-order valence-electron chi connectivity index (χ1n) is 13.1. The molecule has 3 saturated heterocycles. The average Bonchev–Trinajstić information content (AvgIpc) is 3.39. The first-order valence-corrected chi connectivity index (χ1v) is 13.1. The van der Waals surface area contributed by atoms with E-state index in [1.165, 1.54) is 0 Å². The van der Waals surface area contributed by atoms with E-state index >= 15 is 0 Å². The van der Waals surface area contributed by atoms with Gasteiger partial charge < -0.3 is 33.2 Å². The van der Waals surface area contributed by atoms with E-state index in [4.69, 9.17) is 33.2 Å². The zero-order valence-electron chi connectivity index (χ0n) is 20.6. The topological polar surface area (TPSA) is 81.7 Å². The SMILES string of the molecule is CC(COc1ccccc1)(COC1[C@H](OC2CCCCO2)C[C@H]2OC(=O)C[C@@H]12)OC1CCCCO1. The van der Waals surface area contributed by atoms with E-state index in [9.17, 15) is 4.79 Å². The lowest BCUT2D eigenvalue weighted by Gasteiger charge is -2.37. The summed E-state index contributed by atoms with van der Waals surface area (Å²) in [5, 5.41) is 0. The number of fused-ring (bicyclic) bond motifs is 1. The maximum atomic E-state index is 12.0. The Morgan fingerprint density at radius 3 is 2.43 bits per heavy atom. The minimum atomic E-state index is -0.745. The summed E-state index contributed by atoms with van der Waals surface area (Å²) in [4.78, 5) is 12.0. The Balaban J connectivity index is 1.26. The van der Waals surface area contributed by atoms with E-state index in [2.05, 4.69) is 0 Å². The predicted octanol–water partition coefficient (Wildman–Crippen LogP) is 4.00. The van der Waals surface area contributed by atoms with Gasteiger partial charge in [0.05, 0.1) is 25.2 Å². The number of para-hydroxylation sites is 1. The number of hydrogen-bond acceptors (Lipinski definition) is 8. The van der Waals surface area contributed by atoms with Gasteiger partial charge in [0.2, 0.25) is 0 Å². The molecule has 1 saturated carbocycles. The summed E-state index contributed by atoms with van der Waals surface area (Å²) >= 11 is 0. The fraction of sp³-hybridized carbons (Fsp3) is 0.741. The van der Waals surface area contributed by atoms with Crippen molar-refractivity contribution in [3.63, 3.8) is 0 Å². The van der Waals surface area contributed by atoms with Gasteiger partial charge in [-0.25, -0.2) is 0 Å². The molecule has 1 aromatic carbocycles. The van der Waals surface area contributed by atoms with Gasteiger partial charge in [0.15, 0.2) is 12.6 Å². The molecule has 1 aromatic rings. The van der Waals surface area contributed by atoms with Crippen LogP contribution >= 0.6 is 0 Å². The van der Waals surface area contributed by atoms with Crippen molar-refractivity contribution in [1.29, 1.82) is 0 Å². The quantitative estimate of drug-likeness (QED) is 0.455. The van der Waals surface area contributed by atoms with Crippen molar-refractivity contribution in [1.82, 2.24) is 0 Å². The average molecular weight is 491 g/mol. The molecule has 5 rings (SSSR count). The smallest absolute Gasteiger partial charge is 0.306 e. The number of carbonyl (C=O) groups excluding carboxylic acids is 1. The molecule has 3 aliphatic heterocycles. The molecule has 4 aliphatic rings. The third kappa shape index (κ3) is 6.54. The molecule has 4 unspecified atom stereocenters. The van der Waals surface area contributed by atoms with Gasteiger partial charge in [-0.15, -0.1) is 0 Å². The summed E-state index contributed by atoms with van der Waals surface area (Å²) in [6.45, 7) is 4.01. The Morgan fingerprint density at radius 2 is 1.71 bits per heavy atom. The summed E-state index contributed by atoms with van der Waals surface area (Å²) in [7, 11) is 0. The molecule has 4 fully saturated rings. The molecule has 7 atom stereocenters. The number of ether oxygens (including phenoxy) is 7. The first-order chi connectivity index (χ1) is 17.1. The van der Waals surface area contributed by atoms with E-state index < -0.39 is 5.60 Å². The van der Waals surface area contributed by atoms with E-state index in [0.29, 0.717) is 26.1 Å². The Kier molecular flexibility index (Phi) is 8.25. The predicted molar refractivity (Wildman–Crippen MR) is 126 cm³/mol. The lowest BCUT2D eigenvalue weighted by atomic mass is 10.0. The van der Waals surface area contributed by atoms with Crippen LogP contribution in [0.5, 0.6) is 5.75 Å². The molecule has 0 aromatic heterocycles. The molecule has 3 heterocycles. The molecule has 8 heteroatoms. The first kappa shape index (κ1) is 25.0. The van der Waals surface area contributed by atoms with Crippen molar-refractivity contribution < 1.29 is 38.0 Å². The highest BCUT2D eigenvalue weighted by molar-refractivity contribution is 5.72. The van der Waals surface area contributed by atoms with Crippen LogP contribution in [0.3, 0.4) is 0 Å². The zero-order valence-corrected chi connectivity index (χ0v) is 20.6. The maximum Gasteiger partial charge on any atom is 0.306 e. The minimum Gasteiger partial charge on any atom is -0.491 e. The Bertz CT molecular complexity index is 807. The van der Waals surface area contributed by atoms with Crippen LogP contribution in [-0.4, -0.2) is 68.9 Å². The lowest BCUT2D eigenvalue weighted by molar-refractivity contribution is -0.252. The number of carbonyl (C=O) groups is 1. The molecular weight excluding hydrogens is 452 g/mol. The molecule has 0 N–H and O–H groups in total. The fourth-order valence-corrected chi connectivity index (χ4v) is 5.45. The van der Waals surface area contributed by atoms with Gasteiger partial charge in [0.1, 0.15) is 24.1 Å². The van der Waals surface area contributed by atoms with Crippen LogP contribution in [0, 0.1) is 5.92 Å². The highest BCUT2D eigenvalue weighted by Crippen LogP contribution is 2.41. The van der Waals surface area contributed by atoms with Gasteiger partial charge in [-0.2, -0.15) is 0 Å². The summed E-state index contributed by atoms with van der Waals surface area (Å²) in [6, 6.07) is 9.70. The second kappa shape index (κ2) is 11.6. The zero-order chi connectivity index (χ0) is 24.1. The van der Waals surface area contributed by atoms with Gasteiger partial charge in [-0.05, 0) is 57.6 Å². The third-order valence-corrected chi connectivity index (χ3v) is 7.30. The van der Waals surface area contributed by atoms with Crippen molar-refractivity contribution in [3.8, 4) is 5.75 Å². The number of esters is 1. The molecule has 8 nitrogen and oxygen atoms in total. The number of hydrogen-bond donors (Lipinski definition) is 0. The Hall–Kier alpha value is -1.71. The van der Waals surface area contributed by atoms with Gasteiger partial charge in [-0.1, -0.05) is 18.2 Å². The summed E-state index contributed by atoms with van der Waals surface area (Å²) < 4.78 is 42.7. The van der Waals surface area contributed by atoms with E-state index in [-0.39, 0.29) is 49.4 Å². The standard InChI is InChI=1S/C27H38O8/c1-27(35-25-12-6-8-14-30-25,17-31-19-9-3-2-4-10-19)18-32-26-20-15-23(28)33-21(20)16-22(26)34-24-11-5-7-13-29-24/h2-4,9-10,20-22,24-26H,5-8,11-18H2,1H3/t20-,21-,22-,24?,25?,26?,27?/m1/s1. The molecule has 0 amide bonds. The van der Waals surface area contributed by atoms with Crippen molar-refractivity contribution in [2.24, 2.45) is 5.92 Å². The molecule has 194 valence electrons. The van der Waals surface area contributed by atoms with E-state index in [1.54, 1.807) is 0 Å². The van der Waals surface area contributed by atoms with Crippen molar-refractivity contribution in [2.45, 2.75) is 94.8 Å². The van der Waals surface area contributed by atoms with Crippen molar-refractivity contribution >= 4 is 5.97 Å². The van der Waals surface area contributed by atoms with Crippen LogP contribution in [0.15, 0.2) is 30.3 Å². The molecule has 35 heavy (non-hydrogen) atoms. The second-order valence-electron chi connectivity index (χ2n) is 10.3. The van der Waals surface area contributed by atoms with E-state index in [0.717, 1.165) is 50.9 Å². The van der Waals surface area contributed by atoms with Crippen LogP contribution in [0.4, 0.5) is 0 Å². The molecule has 0 spiro atoms. The largest absolute Gasteiger partial charge is 0.491 e. The second-order valence-corrected chi connectivity index (χ2v) is 10.3. The number of benzene rings is 1. The molecule has 0 radical (unpaired) electrons. The Morgan fingerprint density at radius 1 is 0.971 bits per heavy atom. The lowest BCUT2D eigenvalue weighted by Crippen LogP contribution is -2.47. The van der Waals surface area contributed by atoms with Crippen LogP contribution in [0.1, 0.15) is 58.3 Å². The van der Waals surface area contributed by atoms with Gasteiger partial charge in [0, 0.05) is 25.6 Å². The third-order valence-electron chi connectivity index (χ3n) is 7.30. The van der Waals surface area contributed by atoms with Crippen molar-refractivity contribution in [2.75, 3.05) is 26.4 Å². The van der Waals surface area contributed by atoms with Gasteiger partial charge in [-0.3, -0.25) is 4.79 Å². The van der Waals surface area contributed by atoms with Gasteiger partial charge >= 0.3 is 5.97 Å². The van der Waals surface area contributed by atoms with Crippen molar-refractivity contribution in [3.05, 3.63) is 30.3 Å². The summed E-state index contributed by atoms with van der Waals surface area (Å²) in [5.74, 6) is 0.586. The van der Waals surface area contributed by atoms with Crippen LogP contribution in [-0.2, 0) is 33.2 Å². The summed E-state index contributed by atoms with van der Waals surface area (Å²) in [5.41, 5.74) is -0.745. The highest BCUT2D eigenvalue weighted by atomic mass is 16.7. The Labute approximate surface area is 207 Å². The van der Waals surface area contributed by atoms with E-state index in [1.807, 2.05) is 37.3 Å². The molecule has 0 bridgehead atoms. The fourth-order valence-electron chi connectivity index (χ4n) is 5.45. The van der Waals surface area contributed by atoms with Crippen LogP contribution in [0.25, 0.3) is 0 Å². The normalized spacial score (nSPS) is 34.7. The maximum absolute atomic E-state index is 12.0. The monoisotopic (exact) mass is 490 g/mol. The van der Waals surface area contributed by atoms with Crippen LogP contribution < -0.4 is 4.74 Å². The van der Waals surface area contributed by atoms with Gasteiger partial charge in [0.25, 0.3) is 0 Å². The molecule has 1 aliphatic carbocycles. The highest BCUT2D eigenvalue weighted by Gasteiger charge is 2.53. The number of rotatable bonds is 10.